The Morgan fingerprint density at radius 3 is 2.71 bits per heavy atom. The first-order valence-corrected chi connectivity index (χ1v) is 10.7. The summed E-state index contributed by atoms with van der Waals surface area (Å²) in [4.78, 5) is 16.9. The van der Waals surface area contributed by atoms with E-state index in [-0.39, 0.29) is 5.91 Å². The molecule has 0 saturated carbocycles. The fourth-order valence-corrected chi connectivity index (χ4v) is 4.15. The van der Waals surface area contributed by atoms with Crippen LogP contribution in [0.5, 0.6) is 11.5 Å². The topological polar surface area (TPSA) is 86.2 Å². The number of methoxy groups -OCH3 is 2. The van der Waals surface area contributed by atoms with E-state index in [1.54, 1.807) is 19.6 Å². The molecule has 148 valence electrons. The van der Waals surface area contributed by atoms with Gasteiger partial charge in [0.25, 0.3) is 5.91 Å². The lowest BCUT2D eigenvalue weighted by Gasteiger charge is -2.08. The van der Waals surface area contributed by atoms with Crippen LogP contribution in [-0.2, 0) is 6.42 Å². The number of anilines is 1. The van der Waals surface area contributed by atoms with E-state index in [9.17, 15) is 4.79 Å². The van der Waals surface area contributed by atoms with Crippen molar-refractivity contribution < 1.29 is 14.3 Å². The van der Waals surface area contributed by atoms with Crippen molar-refractivity contribution in [2.24, 2.45) is 0 Å². The van der Waals surface area contributed by atoms with Crippen molar-refractivity contribution in [3.8, 4) is 22.1 Å². The van der Waals surface area contributed by atoms with E-state index in [2.05, 4.69) is 27.4 Å². The summed E-state index contributed by atoms with van der Waals surface area (Å²) < 4.78 is 10.6. The third-order valence-corrected chi connectivity index (χ3v) is 5.84. The third-order valence-electron chi connectivity index (χ3n) is 4.05. The highest BCUT2D eigenvalue weighted by Crippen LogP contribution is 2.33. The number of thiazole rings is 1. The van der Waals surface area contributed by atoms with E-state index in [0.717, 1.165) is 34.8 Å². The lowest BCUT2D eigenvalue weighted by atomic mass is 10.2. The molecule has 3 aromatic rings. The van der Waals surface area contributed by atoms with Crippen molar-refractivity contribution in [2.75, 3.05) is 19.5 Å². The van der Waals surface area contributed by atoms with Gasteiger partial charge in [-0.05, 0) is 24.6 Å². The molecule has 3 rings (SSSR count). The minimum atomic E-state index is -0.292. The molecule has 0 bridgehead atoms. The van der Waals surface area contributed by atoms with E-state index in [0.29, 0.717) is 22.3 Å². The zero-order valence-corrected chi connectivity index (χ0v) is 17.7. The van der Waals surface area contributed by atoms with Crippen molar-refractivity contribution in [3.05, 3.63) is 34.3 Å². The predicted octanol–water partition coefficient (Wildman–Crippen LogP) is 4.66. The van der Waals surface area contributed by atoms with E-state index < -0.39 is 0 Å². The molecular formula is C19H22N4O3S2. The monoisotopic (exact) mass is 418 g/mol. The molecule has 0 unspecified atom stereocenters. The normalized spacial score (nSPS) is 10.7. The van der Waals surface area contributed by atoms with Crippen LogP contribution in [0.25, 0.3) is 10.6 Å². The van der Waals surface area contributed by atoms with Gasteiger partial charge in [-0.1, -0.05) is 31.1 Å². The zero-order valence-electron chi connectivity index (χ0n) is 16.0. The highest BCUT2D eigenvalue weighted by atomic mass is 32.1. The number of aromatic nitrogens is 3. The van der Waals surface area contributed by atoms with Gasteiger partial charge < -0.3 is 9.47 Å². The first-order chi connectivity index (χ1) is 13.6. The number of benzene rings is 1. The number of unbranched alkanes of at least 4 members (excludes halogenated alkanes) is 2. The fourth-order valence-electron chi connectivity index (χ4n) is 2.57. The number of hydrogen-bond donors (Lipinski definition) is 1. The summed E-state index contributed by atoms with van der Waals surface area (Å²) in [6.07, 6.45) is 4.30. The lowest BCUT2D eigenvalue weighted by molar-refractivity contribution is 0.102. The van der Waals surface area contributed by atoms with Crippen LogP contribution in [0, 0.1) is 0 Å². The minimum absolute atomic E-state index is 0.292. The molecule has 0 fully saturated rings. The second-order valence-electron chi connectivity index (χ2n) is 6.02. The van der Waals surface area contributed by atoms with Gasteiger partial charge in [0.2, 0.25) is 5.13 Å². The number of hydrogen-bond acceptors (Lipinski definition) is 8. The standard InChI is InChI=1S/C19H22N4O3S2/c1-4-5-6-7-16-22-23-19(28-16)21-17(24)13-11-27-18(20-13)12-8-9-14(25-2)15(10-12)26-3/h8-11H,4-7H2,1-3H3,(H,21,23,24). The van der Waals surface area contributed by atoms with Crippen molar-refractivity contribution in [1.29, 1.82) is 0 Å². The molecule has 0 aliphatic rings. The van der Waals surface area contributed by atoms with Crippen LogP contribution in [-0.4, -0.2) is 35.3 Å². The fraction of sp³-hybridized carbons (Fsp3) is 0.368. The molecule has 0 spiro atoms. The molecule has 0 aliphatic carbocycles. The van der Waals surface area contributed by atoms with Gasteiger partial charge in [0.1, 0.15) is 15.7 Å². The van der Waals surface area contributed by atoms with Crippen LogP contribution >= 0.6 is 22.7 Å². The zero-order chi connectivity index (χ0) is 19.9. The maximum atomic E-state index is 12.5. The van der Waals surface area contributed by atoms with Crippen molar-refractivity contribution in [3.63, 3.8) is 0 Å². The van der Waals surface area contributed by atoms with Gasteiger partial charge in [-0.15, -0.1) is 21.5 Å². The first kappa shape index (κ1) is 20.2. The van der Waals surface area contributed by atoms with Crippen molar-refractivity contribution in [2.45, 2.75) is 32.6 Å². The molecule has 28 heavy (non-hydrogen) atoms. The van der Waals surface area contributed by atoms with Crippen LogP contribution < -0.4 is 14.8 Å². The molecule has 1 amide bonds. The highest BCUT2D eigenvalue weighted by molar-refractivity contribution is 7.15. The summed E-state index contributed by atoms with van der Waals surface area (Å²) in [6.45, 7) is 2.16. The molecule has 0 atom stereocenters. The summed E-state index contributed by atoms with van der Waals surface area (Å²) in [6, 6.07) is 5.54. The summed E-state index contributed by atoms with van der Waals surface area (Å²) in [5.74, 6) is 0.969. The van der Waals surface area contributed by atoms with Gasteiger partial charge in [0.15, 0.2) is 11.5 Å². The Balaban J connectivity index is 1.67. The number of carbonyl (C=O) groups excluding carboxylic acids is 1. The smallest absolute Gasteiger partial charge is 0.276 e. The van der Waals surface area contributed by atoms with E-state index in [4.69, 9.17) is 9.47 Å². The number of nitrogens with zero attached hydrogens (tertiary/aromatic N) is 3. The number of rotatable bonds is 9. The second-order valence-corrected chi connectivity index (χ2v) is 7.94. The number of aryl methyl sites for hydroxylation is 1. The lowest BCUT2D eigenvalue weighted by Crippen LogP contribution is -2.12. The average Bonchev–Trinajstić information content (AvgIpc) is 3.37. The second kappa shape index (κ2) is 9.61. The third kappa shape index (κ3) is 4.85. The molecule has 0 aliphatic heterocycles. The van der Waals surface area contributed by atoms with E-state index >= 15 is 0 Å². The molecule has 0 saturated heterocycles. The minimum Gasteiger partial charge on any atom is -0.493 e. The Kier molecular flexibility index (Phi) is 6.94. The number of ether oxygens (including phenoxy) is 2. The van der Waals surface area contributed by atoms with Crippen molar-refractivity contribution >= 4 is 33.7 Å². The molecule has 7 nitrogen and oxygen atoms in total. The molecule has 1 aromatic carbocycles. The molecule has 9 heteroatoms. The molecule has 2 heterocycles. The van der Waals surface area contributed by atoms with Gasteiger partial charge >= 0.3 is 0 Å². The quantitative estimate of drug-likeness (QED) is 0.509. The van der Waals surface area contributed by atoms with Gasteiger partial charge in [-0.3, -0.25) is 10.1 Å². The Bertz CT molecular complexity index is 939. The van der Waals surface area contributed by atoms with Crippen molar-refractivity contribution in [1.82, 2.24) is 15.2 Å². The molecule has 1 N–H and O–H groups in total. The van der Waals surface area contributed by atoms with Gasteiger partial charge in [0.05, 0.1) is 14.2 Å². The summed E-state index contributed by atoms with van der Waals surface area (Å²) in [5, 5.41) is 14.8. The Morgan fingerprint density at radius 1 is 1.14 bits per heavy atom. The summed E-state index contributed by atoms with van der Waals surface area (Å²) in [5.41, 5.74) is 1.20. The maximum absolute atomic E-state index is 12.5. The van der Waals surface area contributed by atoms with Crippen LogP contribution in [0.4, 0.5) is 5.13 Å². The Labute approximate surface area is 171 Å². The Hall–Kier alpha value is -2.52. The van der Waals surface area contributed by atoms with Gasteiger partial charge in [-0.25, -0.2) is 4.98 Å². The number of carbonyl (C=O) groups is 1. The SMILES string of the molecule is CCCCCc1nnc(NC(=O)c2csc(-c3ccc(OC)c(OC)c3)n2)s1. The summed E-state index contributed by atoms with van der Waals surface area (Å²) in [7, 11) is 3.17. The molecule has 2 aromatic heterocycles. The number of nitrogens with one attached hydrogen (secondary N) is 1. The number of amides is 1. The van der Waals surface area contributed by atoms with E-state index in [1.807, 2.05) is 18.2 Å². The highest BCUT2D eigenvalue weighted by Gasteiger charge is 2.15. The van der Waals surface area contributed by atoms with Crippen LogP contribution in [0.1, 0.15) is 41.7 Å². The summed E-state index contributed by atoms with van der Waals surface area (Å²) >= 11 is 2.80. The van der Waals surface area contributed by atoms with Crippen LogP contribution in [0.15, 0.2) is 23.6 Å². The Morgan fingerprint density at radius 2 is 1.96 bits per heavy atom. The first-order valence-electron chi connectivity index (χ1n) is 8.96. The maximum Gasteiger partial charge on any atom is 0.276 e. The van der Waals surface area contributed by atoms with Crippen LogP contribution in [0.2, 0.25) is 0 Å². The largest absolute Gasteiger partial charge is 0.493 e. The predicted molar refractivity (Wildman–Crippen MR) is 112 cm³/mol. The van der Waals surface area contributed by atoms with Gasteiger partial charge in [-0.2, -0.15) is 0 Å². The van der Waals surface area contributed by atoms with Gasteiger partial charge in [0, 0.05) is 17.4 Å². The average molecular weight is 419 g/mol. The molecule has 0 radical (unpaired) electrons. The molecular weight excluding hydrogens is 396 g/mol. The van der Waals surface area contributed by atoms with E-state index in [1.165, 1.54) is 29.1 Å². The van der Waals surface area contributed by atoms with Crippen LogP contribution in [0.3, 0.4) is 0 Å².